The van der Waals surface area contributed by atoms with Crippen LogP contribution in [0.1, 0.15) is 16.9 Å². The van der Waals surface area contributed by atoms with Crippen molar-refractivity contribution in [2.24, 2.45) is 0 Å². The van der Waals surface area contributed by atoms with E-state index in [1.807, 2.05) is 19.9 Å². The van der Waals surface area contributed by atoms with E-state index >= 15 is 0 Å². The lowest BCUT2D eigenvalue weighted by atomic mass is 10.1. The predicted octanol–water partition coefficient (Wildman–Crippen LogP) is 5.24. The van der Waals surface area contributed by atoms with Crippen LogP contribution >= 0.6 is 27.3 Å². The maximum atomic E-state index is 13.1. The molecule has 0 spiro atoms. The Morgan fingerprint density at radius 2 is 1.93 bits per heavy atom. The molecule has 29 heavy (non-hydrogen) atoms. The monoisotopic (exact) mass is 468 g/mol. The van der Waals surface area contributed by atoms with Crippen molar-refractivity contribution in [1.29, 1.82) is 0 Å². The SMILES string of the molecule is Cc1cc2c(nc3s/c(=C\c4ccc(-c5ccc(F)cc5)o4)c(=O)n32)c(Br)c1C. The van der Waals surface area contributed by atoms with Crippen LogP contribution in [-0.2, 0) is 0 Å². The molecule has 4 nitrogen and oxygen atoms in total. The molecule has 5 rings (SSSR count). The Bertz CT molecular complexity index is 1510. The third kappa shape index (κ3) is 2.92. The minimum absolute atomic E-state index is 0.123. The molecule has 144 valence electrons. The van der Waals surface area contributed by atoms with E-state index in [0.29, 0.717) is 21.0 Å². The number of nitrogens with zero attached hydrogens (tertiary/aromatic N) is 2. The fraction of sp³-hybridized carbons (Fsp3) is 0.0909. The van der Waals surface area contributed by atoms with Crippen LogP contribution in [0.25, 0.3) is 33.4 Å². The maximum absolute atomic E-state index is 13.1. The molecular formula is C22H14BrFN2O2S. The van der Waals surface area contributed by atoms with Crippen LogP contribution in [0.2, 0.25) is 0 Å². The molecule has 0 saturated heterocycles. The van der Waals surface area contributed by atoms with E-state index in [-0.39, 0.29) is 11.4 Å². The highest BCUT2D eigenvalue weighted by atomic mass is 79.9. The first kappa shape index (κ1) is 18.3. The molecule has 0 atom stereocenters. The average molecular weight is 469 g/mol. The van der Waals surface area contributed by atoms with E-state index in [0.717, 1.165) is 32.2 Å². The highest BCUT2D eigenvalue weighted by Gasteiger charge is 2.16. The summed E-state index contributed by atoms with van der Waals surface area (Å²) in [4.78, 5) is 18.3. The van der Waals surface area contributed by atoms with E-state index in [1.165, 1.54) is 23.5 Å². The van der Waals surface area contributed by atoms with Gasteiger partial charge in [-0.2, -0.15) is 0 Å². The number of thiazole rings is 1. The second kappa shape index (κ2) is 6.64. The van der Waals surface area contributed by atoms with Crippen molar-refractivity contribution in [3.8, 4) is 11.3 Å². The third-order valence-corrected chi connectivity index (χ3v) is 6.95. The molecule has 7 heteroatoms. The van der Waals surface area contributed by atoms with Crippen molar-refractivity contribution in [2.75, 3.05) is 0 Å². The number of halogens is 2. The van der Waals surface area contributed by atoms with Crippen LogP contribution in [-0.4, -0.2) is 9.38 Å². The summed E-state index contributed by atoms with van der Waals surface area (Å²) in [6.07, 6.45) is 1.72. The number of hydrogen-bond acceptors (Lipinski definition) is 4. The molecule has 3 heterocycles. The van der Waals surface area contributed by atoms with Crippen molar-refractivity contribution in [3.05, 3.63) is 84.5 Å². The van der Waals surface area contributed by atoms with E-state index in [1.54, 1.807) is 34.7 Å². The summed E-state index contributed by atoms with van der Waals surface area (Å²) in [5, 5.41) is 0. The van der Waals surface area contributed by atoms with Gasteiger partial charge in [-0.15, -0.1) is 0 Å². The first-order valence-electron chi connectivity index (χ1n) is 8.90. The molecule has 0 radical (unpaired) electrons. The van der Waals surface area contributed by atoms with Crippen LogP contribution in [0, 0.1) is 19.7 Å². The predicted molar refractivity (Wildman–Crippen MR) is 117 cm³/mol. The minimum Gasteiger partial charge on any atom is -0.457 e. The molecule has 2 aromatic carbocycles. The Kier molecular flexibility index (Phi) is 4.18. The van der Waals surface area contributed by atoms with Crippen molar-refractivity contribution < 1.29 is 8.81 Å². The number of imidazole rings is 1. The molecule has 0 bridgehead atoms. The van der Waals surface area contributed by atoms with Crippen LogP contribution in [0.3, 0.4) is 0 Å². The van der Waals surface area contributed by atoms with Crippen LogP contribution in [0.4, 0.5) is 4.39 Å². The van der Waals surface area contributed by atoms with Gasteiger partial charge in [0.2, 0.25) is 0 Å². The van der Waals surface area contributed by atoms with Gasteiger partial charge in [0.25, 0.3) is 5.56 Å². The Hall–Kier alpha value is -2.77. The van der Waals surface area contributed by atoms with Crippen LogP contribution in [0.5, 0.6) is 0 Å². The fourth-order valence-corrected chi connectivity index (χ4v) is 4.87. The Morgan fingerprint density at radius 3 is 2.69 bits per heavy atom. The highest BCUT2D eigenvalue weighted by molar-refractivity contribution is 9.10. The molecule has 0 amide bonds. The zero-order chi connectivity index (χ0) is 20.3. The van der Waals surface area contributed by atoms with Gasteiger partial charge in [-0.05, 0) is 83.4 Å². The first-order chi connectivity index (χ1) is 13.9. The number of fused-ring (bicyclic) bond motifs is 3. The highest BCUT2D eigenvalue weighted by Crippen LogP contribution is 2.30. The van der Waals surface area contributed by atoms with Crippen molar-refractivity contribution in [3.63, 3.8) is 0 Å². The third-order valence-electron chi connectivity index (χ3n) is 5.01. The number of furan rings is 1. The Morgan fingerprint density at radius 1 is 1.17 bits per heavy atom. The minimum atomic E-state index is -0.297. The van der Waals surface area contributed by atoms with Gasteiger partial charge in [-0.25, -0.2) is 13.8 Å². The van der Waals surface area contributed by atoms with Crippen molar-refractivity contribution in [2.45, 2.75) is 13.8 Å². The topological polar surface area (TPSA) is 47.5 Å². The molecular weight excluding hydrogens is 455 g/mol. The van der Waals surface area contributed by atoms with Gasteiger partial charge in [0.05, 0.1) is 5.52 Å². The van der Waals surface area contributed by atoms with Gasteiger partial charge < -0.3 is 4.42 Å². The summed E-state index contributed by atoms with van der Waals surface area (Å²) in [6, 6.07) is 11.7. The summed E-state index contributed by atoms with van der Waals surface area (Å²) < 4.78 is 22.1. The lowest BCUT2D eigenvalue weighted by Crippen LogP contribution is -2.22. The van der Waals surface area contributed by atoms with Crippen LogP contribution in [0.15, 0.2) is 56.1 Å². The molecule has 0 saturated carbocycles. The molecule has 0 fully saturated rings. The van der Waals surface area contributed by atoms with E-state index in [2.05, 4.69) is 20.9 Å². The van der Waals surface area contributed by atoms with Gasteiger partial charge in [0.15, 0.2) is 4.96 Å². The molecule has 0 aliphatic carbocycles. The number of hydrogen-bond donors (Lipinski definition) is 0. The normalized spacial score (nSPS) is 12.5. The van der Waals surface area contributed by atoms with Crippen LogP contribution < -0.4 is 10.1 Å². The second-order valence-electron chi connectivity index (χ2n) is 6.85. The number of aryl methyl sites for hydroxylation is 1. The van der Waals surface area contributed by atoms with E-state index in [9.17, 15) is 9.18 Å². The lowest BCUT2D eigenvalue weighted by molar-refractivity contribution is 0.571. The number of aromatic nitrogens is 2. The molecule has 3 aromatic heterocycles. The zero-order valence-electron chi connectivity index (χ0n) is 15.5. The molecule has 5 aromatic rings. The summed E-state index contributed by atoms with van der Waals surface area (Å²) in [5.41, 5.74) is 4.45. The number of rotatable bonds is 2. The molecule has 0 aliphatic heterocycles. The van der Waals surface area contributed by atoms with E-state index < -0.39 is 0 Å². The lowest BCUT2D eigenvalue weighted by Gasteiger charge is -2.03. The Balaban J connectivity index is 1.64. The zero-order valence-corrected chi connectivity index (χ0v) is 17.9. The van der Waals surface area contributed by atoms with E-state index in [4.69, 9.17) is 4.42 Å². The standard InChI is InChI=1S/C22H14BrFN2O2S/c1-11-9-16-20(19(23)12(11)2)25-22-26(16)21(27)18(29-22)10-15-7-8-17(28-15)13-3-5-14(24)6-4-13/h3-10H,1-2H3/b18-10-. The first-order valence-corrected chi connectivity index (χ1v) is 10.5. The summed E-state index contributed by atoms with van der Waals surface area (Å²) in [7, 11) is 0. The molecule has 0 aliphatic rings. The van der Waals surface area contributed by atoms with Gasteiger partial charge >= 0.3 is 0 Å². The van der Waals surface area contributed by atoms with Gasteiger partial charge in [-0.1, -0.05) is 11.3 Å². The quantitative estimate of drug-likeness (QED) is 0.356. The molecule has 0 unspecified atom stereocenters. The average Bonchev–Trinajstić information content (AvgIpc) is 3.38. The summed E-state index contributed by atoms with van der Waals surface area (Å²) in [6.45, 7) is 4.04. The molecule has 0 N–H and O–H groups in total. The largest absolute Gasteiger partial charge is 0.457 e. The van der Waals surface area contributed by atoms with Gasteiger partial charge in [0.1, 0.15) is 27.4 Å². The number of benzene rings is 2. The smallest absolute Gasteiger partial charge is 0.275 e. The maximum Gasteiger partial charge on any atom is 0.275 e. The van der Waals surface area contributed by atoms with Crippen molar-refractivity contribution >= 4 is 49.3 Å². The second-order valence-corrected chi connectivity index (χ2v) is 8.66. The Labute approximate surface area is 177 Å². The summed E-state index contributed by atoms with van der Waals surface area (Å²) >= 11 is 4.93. The summed E-state index contributed by atoms with van der Waals surface area (Å²) in [5.74, 6) is 0.878. The fourth-order valence-electron chi connectivity index (χ4n) is 3.31. The van der Waals surface area contributed by atoms with Gasteiger partial charge in [0, 0.05) is 16.1 Å². The van der Waals surface area contributed by atoms with Crippen molar-refractivity contribution in [1.82, 2.24) is 9.38 Å². The van der Waals surface area contributed by atoms with Gasteiger partial charge in [-0.3, -0.25) is 4.79 Å².